The molecular weight excluding hydrogens is 333 g/mol. The highest BCUT2D eigenvalue weighted by atomic mass is 19.1. The van der Waals surface area contributed by atoms with E-state index < -0.39 is 5.60 Å². The molecule has 6 heteroatoms. The molecule has 2 heterocycles. The van der Waals surface area contributed by atoms with E-state index in [1.54, 1.807) is 27.9 Å². The average Bonchev–Trinajstić information content (AvgIpc) is 2.89. The maximum Gasteiger partial charge on any atom is 0.258 e. The Bertz CT molecular complexity index is 837. The number of fused-ring (bicyclic) bond motifs is 1. The fourth-order valence-electron chi connectivity index (χ4n) is 3.37. The average molecular weight is 357 g/mol. The standard InChI is InChI=1S/C20H24FN3O2/c1-5-20(4,26)18(25)23-12-14-11-22-24(16-8-6-15(21)7-9-16)17(14)10-19(2,3)13-23/h5-9,11,26H,1,10,12-13H2,2-4H3. The van der Waals surface area contributed by atoms with Crippen LogP contribution in [-0.2, 0) is 17.8 Å². The first-order chi connectivity index (χ1) is 12.1. The largest absolute Gasteiger partial charge is 0.376 e. The van der Waals surface area contributed by atoms with Crippen molar-refractivity contribution in [3.63, 3.8) is 0 Å². The summed E-state index contributed by atoms with van der Waals surface area (Å²) < 4.78 is 15.0. The maximum absolute atomic E-state index is 13.2. The van der Waals surface area contributed by atoms with Crippen LogP contribution in [0, 0.1) is 11.2 Å². The number of halogens is 1. The van der Waals surface area contributed by atoms with Crippen LogP contribution in [0.5, 0.6) is 0 Å². The van der Waals surface area contributed by atoms with E-state index in [0.29, 0.717) is 19.5 Å². The molecule has 5 nitrogen and oxygen atoms in total. The van der Waals surface area contributed by atoms with Crippen molar-refractivity contribution in [2.24, 2.45) is 5.41 Å². The van der Waals surface area contributed by atoms with Crippen LogP contribution in [0.2, 0.25) is 0 Å². The van der Waals surface area contributed by atoms with E-state index in [4.69, 9.17) is 0 Å². The summed E-state index contributed by atoms with van der Waals surface area (Å²) in [5.41, 5.74) is 0.883. The van der Waals surface area contributed by atoms with Crippen molar-refractivity contribution in [2.45, 2.75) is 39.3 Å². The molecule has 1 atom stereocenters. The lowest BCUT2D eigenvalue weighted by Gasteiger charge is -2.33. The van der Waals surface area contributed by atoms with Crippen molar-refractivity contribution < 1.29 is 14.3 Å². The molecule has 0 bridgehead atoms. The highest BCUT2D eigenvalue weighted by Gasteiger charge is 2.38. The summed E-state index contributed by atoms with van der Waals surface area (Å²) in [5.74, 6) is -0.668. The molecule has 1 amide bonds. The number of aromatic nitrogens is 2. The van der Waals surface area contributed by atoms with Gasteiger partial charge in [-0.2, -0.15) is 5.10 Å². The van der Waals surface area contributed by atoms with Gasteiger partial charge in [0.25, 0.3) is 5.91 Å². The fourth-order valence-corrected chi connectivity index (χ4v) is 3.37. The summed E-state index contributed by atoms with van der Waals surface area (Å²) in [6, 6.07) is 6.18. The number of rotatable bonds is 3. The zero-order valence-electron chi connectivity index (χ0n) is 15.4. The van der Waals surface area contributed by atoms with Gasteiger partial charge >= 0.3 is 0 Å². The zero-order chi connectivity index (χ0) is 19.1. The summed E-state index contributed by atoms with van der Waals surface area (Å²) in [6.07, 6.45) is 3.71. The SMILES string of the molecule is C=CC(C)(O)C(=O)N1Cc2cnn(-c3ccc(F)cc3)c2CC(C)(C)C1. The van der Waals surface area contributed by atoms with Gasteiger partial charge in [0.15, 0.2) is 5.60 Å². The molecule has 2 aromatic rings. The number of carbonyl (C=O) groups is 1. The third kappa shape index (κ3) is 3.42. The van der Waals surface area contributed by atoms with Crippen molar-refractivity contribution >= 4 is 5.91 Å². The highest BCUT2D eigenvalue weighted by Crippen LogP contribution is 2.32. The van der Waals surface area contributed by atoms with Gasteiger partial charge in [0.1, 0.15) is 5.82 Å². The molecule has 1 aromatic carbocycles. The number of amides is 1. The number of hydrogen-bond acceptors (Lipinski definition) is 3. The molecule has 1 N–H and O–H groups in total. The summed E-state index contributed by atoms with van der Waals surface area (Å²) in [4.78, 5) is 14.4. The molecular formula is C20H24FN3O2. The lowest BCUT2D eigenvalue weighted by atomic mass is 9.87. The molecule has 0 saturated carbocycles. The van der Waals surface area contributed by atoms with E-state index >= 15 is 0 Å². The van der Waals surface area contributed by atoms with E-state index in [2.05, 4.69) is 25.5 Å². The first kappa shape index (κ1) is 18.3. The predicted octanol–water partition coefficient (Wildman–Crippen LogP) is 2.86. The lowest BCUT2D eigenvalue weighted by Crippen LogP contribution is -2.48. The van der Waals surface area contributed by atoms with Crippen LogP contribution in [0.25, 0.3) is 5.69 Å². The first-order valence-corrected chi connectivity index (χ1v) is 8.60. The molecule has 0 aliphatic carbocycles. The minimum absolute atomic E-state index is 0.212. The quantitative estimate of drug-likeness (QED) is 0.860. The smallest absolute Gasteiger partial charge is 0.258 e. The molecule has 26 heavy (non-hydrogen) atoms. The number of carbonyl (C=O) groups excluding carboxylic acids is 1. The Morgan fingerprint density at radius 3 is 2.65 bits per heavy atom. The lowest BCUT2D eigenvalue weighted by molar-refractivity contribution is -0.147. The molecule has 0 fully saturated rings. The monoisotopic (exact) mass is 357 g/mol. The van der Waals surface area contributed by atoms with E-state index in [1.165, 1.54) is 25.1 Å². The van der Waals surface area contributed by atoms with Crippen LogP contribution in [0.3, 0.4) is 0 Å². The summed E-state index contributed by atoms with van der Waals surface area (Å²) >= 11 is 0. The molecule has 0 radical (unpaired) electrons. The molecule has 0 saturated heterocycles. The van der Waals surface area contributed by atoms with Gasteiger partial charge in [0.2, 0.25) is 0 Å². The van der Waals surface area contributed by atoms with Crippen LogP contribution in [-0.4, -0.2) is 37.8 Å². The minimum Gasteiger partial charge on any atom is -0.376 e. The summed E-state index contributed by atoms with van der Waals surface area (Å²) in [5, 5.41) is 14.8. The van der Waals surface area contributed by atoms with Gasteiger partial charge < -0.3 is 10.0 Å². The second-order valence-corrected chi connectivity index (χ2v) is 7.86. The highest BCUT2D eigenvalue weighted by molar-refractivity contribution is 5.86. The van der Waals surface area contributed by atoms with Crippen LogP contribution in [0.4, 0.5) is 4.39 Å². The Labute approximate surface area is 152 Å². The van der Waals surface area contributed by atoms with Crippen molar-refractivity contribution in [1.29, 1.82) is 0 Å². The maximum atomic E-state index is 13.2. The number of aliphatic hydroxyl groups is 1. The van der Waals surface area contributed by atoms with E-state index in [-0.39, 0.29) is 17.1 Å². The molecule has 3 rings (SSSR count). The van der Waals surface area contributed by atoms with Gasteiger partial charge in [-0.25, -0.2) is 9.07 Å². The number of benzene rings is 1. The molecule has 138 valence electrons. The normalized spacial score (nSPS) is 18.6. The molecule has 1 aliphatic heterocycles. The van der Waals surface area contributed by atoms with Crippen LogP contribution in [0.1, 0.15) is 32.0 Å². The van der Waals surface area contributed by atoms with Gasteiger partial charge in [0.05, 0.1) is 11.9 Å². The fraction of sp³-hybridized carbons (Fsp3) is 0.400. The third-order valence-electron chi connectivity index (χ3n) is 4.77. The Morgan fingerprint density at radius 1 is 1.38 bits per heavy atom. The van der Waals surface area contributed by atoms with E-state index in [9.17, 15) is 14.3 Å². The van der Waals surface area contributed by atoms with Gasteiger partial charge in [-0.15, -0.1) is 0 Å². The summed E-state index contributed by atoms with van der Waals surface area (Å²) in [7, 11) is 0. The minimum atomic E-state index is -1.60. The van der Waals surface area contributed by atoms with Crippen molar-refractivity contribution in [1.82, 2.24) is 14.7 Å². The van der Waals surface area contributed by atoms with Crippen LogP contribution < -0.4 is 0 Å². The van der Waals surface area contributed by atoms with Crippen LogP contribution >= 0.6 is 0 Å². The van der Waals surface area contributed by atoms with Crippen molar-refractivity contribution in [3.05, 3.63) is 60.2 Å². The Hall–Kier alpha value is -2.47. The van der Waals surface area contributed by atoms with E-state index in [0.717, 1.165) is 16.9 Å². The number of nitrogens with zero attached hydrogens (tertiary/aromatic N) is 3. The van der Waals surface area contributed by atoms with Gasteiger partial charge in [-0.05, 0) is 43.0 Å². The summed E-state index contributed by atoms with van der Waals surface area (Å²) in [6.45, 7) is 10.0. The van der Waals surface area contributed by atoms with Crippen LogP contribution in [0.15, 0.2) is 43.1 Å². The van der Waals surface area contributed by atoms with Gasteiger partial charge in [-0.1, -0.05) is 26.5 Å². The van der Waals surface area contributed by atoms with Crippen molar-refractivity contribution in [3.8, 4) is 5.69 Å². The Balaban J connectivity index is 2.01. The number of hydrogen-bond donors (Lipinski definition) is 1. The first-order valence-electron chi connectivity index (χ1n) is 8.60. The van der Waals surface area contributed by atoms with E-state index in [1.807, 2.05) is 0 Å². The Kier molecular flexibility index (Phi) is 4.48. The second-order valence-electron chi connectivity index (χ2n) is 7.86. The van der Waals surface area contributed by atoms with Gasteiger partial charge in [0, 0.05) is 24.3 Å². The Morgan fingerprint density at radius 2 is 2.04 bits per heavy atom. The zero-order valence-corrected chi connectivity index (χ0v) is 15.4. The molecule has 1 aromatic heterocycles. The predicted molar refractivity (Wildman–Crippen MR) is 97.2 cm³/mol. The molecule has 1 aliphatic rings. The van der Waals surface area contributed by atoms with Gasteiger partial charge in [-0.3, -0.25) is 4.79 Å². The molecule has 1 unspecified atom stereocenters. The third-order valence-corrected chi connectivity index (χ3v) is 4.77. The second kappa shape index (κ2) is 6.36. The molecule has 0 spiro atoms. The topological polar surface area (TPSA) is 58.4 Å². The van der Waals surface area contributed by atoms with Crippen molar-refractivity contribution in [2.75, 3.05) is 6.54 Å².